The van der Waals surface area contributed by atoms with E-state index in [4.69, 9.17) is 16.9 Å². The first kappa shape index (κ1) is 33.3. The van der Waals surface area contributed by atoms with Crippen LogP contribution in [0.5, 0.6) is 0 Å². The Morgan fingerprint density at radius 3 is 2.56 bits per heavy atom. The number of rotatable bonds is 9. The van der Waals surface area contributed by atoms with Crippen molar-refractivity contribution in [3.05, 3.63) is 58.1 Å². The lowest BCUT2D eigenvalue weighted by Gasteiger charge is -2.30. The number of pyridine rings is 1. The molecule has 0 unspecified atom stereocenters. The normalized spacial score (nSPS) is 15.4. The van der Waals surface area contributed by atoms with Gasteiger partial charge >= 0.3 is 0 Å². The predicted molar refractivity (Wildman–Crippen MR) is 169 cm³/mol. The molecule has 0 aliphatic carbocycles. The van der Waals surface area contributed by atoms with Crippen LogP contribution in [0.4, 0.5) is 11.4 Å². The number of terminal acetylenes is 1. The predicted octanol–water partition coefficient (Wildman–Crippen LogP) is 5.58. The first-order valence-electron chi connectivity index (χ1n) is 13.5. The van der Waals surface area contributed by atoms with Gasteiger partial charge < -0.3 is 21.1 Å². The summed E-state index contributed by atoms with van der Waals surface area (Å²) in [6.07, 6.45) is 16.2. The quantitative estimate of drug-likeness (QED) is 0.154. The van der Waals surface area contributed by atoms with E-state index in [1.165, 1.54) is 17.5 Å². The van der Waals surface area contributed by atoms with E-state index in [0.717, 1.165) is 42.0 Å². The van der Waals surface area contributed by atoms with Gasteiger partial charge in [0, 0.05) is 24.4 Å². The van der Waals surface area contributed by atoms with Crippen LogP contribution in [0.3, 0.4) is 0 Å². The first-order chi connectivity index (χ1) is 19.5. The zero-order valence-corrected chi connectivity index (χ0v) is 25.9. The van der Waals surface area contributed by atoms with Crippen LogP contribution >= 0.6 is 11.3 Å². The maximum atomic E-state index is 13.1. The van der Waals surface area contributed by atoms with E-state index >= 15 is 0 Å². The molecule has 1 aliphatic heterocycles. The molecule has 0 aromatic carbocycles. The molecule has 0 bridgehead atoms. The smallest absolute Gasteiger partial charge is 0.260 e. The fourth-order valence-corrected chi connectivity index (χ4v) is 5.08. The molecule has 41 heavy (non-hydrogen) atoms. The fourth-order valence-electron chi connectivity index (χ4n) is 4.10. The second-order valence-electron chi connectivity index (χ2n) is 10.1. The number of aromatic nitrogens is 2. The van der Waals surface area contributed by atoms with Gasteiger partial charge in [-0.25, -0.2) is 4.98 Å². The minimum Gasteiger partial charge on any atom is -0.501 e. The Labute approximate surface area is 248 Å². The Kier molecular flexibility index (Phi) is 12.8. The van der Waals surface area contributed by atoms with Crippen LogP contribution in [0.1, 0.15) is 69.5 Å². The number of methoxy groups -OCH3 is 1. The molecule has 2 aromatic rings. The van der Waals surface area contributed by atoms with E-state index in [1.54, 1.807) is 32.5 Å². The summed E-state index contributed by atoms with van der Waals surface area (Å²) < 4.78 is 5.25. The van der Waals surface area contributed by atoms with Crippen LogP contribution in [-0.2, 0) is 14.3 Å². The van der Waals surface area contributed by atoms with Gasteiger partial charge in [-0.05, 0) is 71.7 Å². The SMILES string of the molecule is C#CCC.C/C=C(\C=C(/C)OC)c1cnc(/C(=C\N)C(=O)Nc2cc(NC(=O)CN3CCCC3(C)C)cnc2C)s1. The molecule has 3 rings (SSSR count). The van der Waals surface area contributed by atoms with E-state index in [-0.39, 0.29) is 17.0 Å². The summed E-state index contributed by atoms with van der Waals surface area (Å²) in [5.41, 5.74) is 8.61. The van der Waals surface area contributed by atoms with Gasteiger partial charge in [0.15, 0.2) is 0 Å². The molecular formula is C31H42N6O3S. The number of ether oxygens (including phenoxy) is 1. The molecular weight excluding hydrogens is 536 g/mol. The number of likely N-dealkylation sites (tertiary alicyclic amines) is 1. The summed E-state index contributed by atoms with van der Waals surface area (Å²) in [5, 5.41) is 6.25. The van der Waals surface area contributed by atoms with Crippen molar-refractivity contribution < 1.29 is 14.3 Å². The molecule has 0 saturated carbocycles. The Morgan fingerprint density at radius 2 is 2.00 bits per heavy atom. The lowest BCUT2D eigenvalue weighted by molar-refractivity contribution is -0.118. The average molecular weight is 579 g/mol. The first-order valence-corrected chi connectivity index (χ1v) is 14.3. The molecule has 1 fully saturated rings. The molecule has 2 amide bonds. The third-order valence-corrected chi connectivity index (χ3v) is 7.73. The molecule has 1 aliphatic rings. The number of carbonyl (C=O) groups is 2. The second kappa shape index (κ2) is 15.7. The van der Waals surface area contributed by atoms with Gasteiger partial charge in [-0.2, -0.15) is 0 Å². The van der Waals surface area contributed by atoms with E-state index in [1.807, 2.05) is 32.9 Å². The van der Waals surface area contributed by atoms with Crippen molar-refractivity contribution >= 4 is 45.7 Å². The van der Waals surface area contributed by atoms with Crippen LogP contribution < -0.4 is 16.4 Å². The molecule has 3 heterocycles. The number of amides is 2. The van der Waals surface area contributed by atoms with Crippen molar-refractivity contribution in [3.8, 4) is 12.3 Å². The molecule has 0 radical (unpaired) electrons. The Balaban J connectivity index is 0.00000138. The van der Waals surface area contributed by atoms with Crippen molar-refractivity contribution in [2.24, 2.45) is 5.73 Å². The second-order valence-corrected chi connectivity index (χ2v) is 11.1. The Hall–Kier alpha value is -3.94. The highest BCUT2D eigenvalue weighted by Crippen LogP contribution is 2.30. The fraction of sp³-hybridized carbons (Fsp3) is 0.419. The van der Waals surface area contributed by atoms with Crippen LogP contribution in [-0.4, -0.2) is 52.4 Å². The Morgan fingerprint density at radius 1 is 1.29 bits per heavy atom. The van der Waals surface area contributed by atoms with Gasteiger partial charge in [-0.15, -0.1) is 23.7 Å². The van der Waals surface area contributed by atoms with Gasteiger partial charge in [-0.1, -0.05) is 13.0 Å². The zero-order chi connectivity index (χ0) is 30.6. The van der Waals surface area contributed by atoms with Gasteiger partial charge in [0.2, 0.25) is 5.91 Å². The maximum absolute atomic E-state index is 13.1. The summed E-state index contributed by atoms with van der Waals surface area (Å²) in [4.78, 5) is 37.6. The Bertz CT molecular complexity index is 1350. The number of thiazole rings is 1. The van der Waals surface area contributed by atoms with Gasteiger partial charge in [0.05, 0.1) is 53.1 Å². The number of nitrogens with zero attached hydrogens (tertiary/aromatic N) is 3. The van der Waals surface area contributed by atoms with Crippen LogP contribution in [0.25, 0.3) is 11.1 Å². The number of anilines is 2. The third-order valence-electron chi connectivity index (χ3n) is 6.65. The number of nitrogens with one attached hydrogen (secondary N) is 2. The number of allylic oxidation sites excluding steroid dienone is 4. The third kappa shape index (κ3) is 9.59. The molecule has 4 N–H and O–H groups in total. The molecule has 220 valence electrons. The highest BCUT2D eigenvalue weighted by atomic mass is 32.1. The molecule has 2 aromatic heterocycles. The van der Waals surface area contributed by atoms with Crippen molar-refractivity contribution in [2.75, 3.05) is 30.8 Å². The topological polar surface area (TPSA) is 122 Å². The van der Waals surface area contributed by atoms with Crippen molar-refractivity contribution in [2.45, 2.75) is 66.3 Å². The minimum absolute atomic E-state index is 0.00916. The largest absolute Gasteiger partial charge is 0.501 e. The molecule has 0 spiro atoms. The van der Waals surface area contributed by atoms with E-state index < -0.39 is 5.91 Å². The lowest BCUT2D eigenvalue weighted by atomic mass is 10.0. The number of hydrogen-bond acceptors (Lipinski definition) is 8. The van der Waals surface area contributed by atoms with Crippen LogP contribution in [0.2, 0.25) is 0 Å². The van der Waals surface area contributed by atoms with Gasteiger partial charge in [-0.3, -0.25) is 19.5 Å². The molecule has 9 nitrogen and oxygen atoms in total. The summed E-state index contributed by atoms with van der Waals surface area (Å²) in [5.74, 6) is 2.66. The van der Waals surface area contributed by atoms with E-state index in [9.17, 15) is 9.59 Å². The average Bonchev–Trinajstić information content (AvgIpc) is 3.55. The summed E-state index contributed by atoms with van der Waals surface area (Å²) in [7, 11) is 1.61. The highest BCUT2D eigenvalue weighted by Gasteiger charge is 2.32. The van der Waals surface area contributed by atoms with Crippen LogP contribution in [0.15, 0.2) is 42.6 Å². The number of nitrogens with two attached hydrogens (primary N) is 1. The summed E-state index contributed by atoms with van der Waals surface area (Å²) in [6, 6.07) is 1.70. The van der Waals surface area contributed by atoms with E-state index in [0.29, 0.717) is 28.6 Å². The van der Waals surface area contributed by atoms with Crippen molar-refractivity contribution in [3.63, 3.8) is 0 Å². The highest BCUT2D eigenvalue weighted by molar-refractivity contribution is 7.14. The number of aryl methyl sites for hydroxylation is 1. The monoisotopic (exact) mass is 578 g/mol. The van der Waals surface area contributed by atoms with Gasteiger partial charge in [0.25, 0.3) is 5.91 Å². The van der Waals surface area contributed by atoms with E-state index in [2.05, 4.69) is 45.3 Å². The minimum atomic E-state index is -0.416. The zero-order valence-electron chi connectivity index (χ0n) is 25.1. The molecule has 1 saturated heterocycles. The van der Waals surface area contributed by atoms with Crippen LogP contribution in [0, 0.1) is 19.3 Å². The maximum Gasteiger partial charge on any atom is 0.260 e. The lowest BCUT2D eigenvalue weighted by Crippen LogP contribution is -2.42. The summed E-state index contributed by atoms with van der Waals surface area (Å²) in [6.45, 7) is 13.0. The van der Waals surface area contributed by atoms with Gasteiger partial charge in [0.1, 0.15) is 5.01 Å². The number of hydrogen-bond donors (Lipinski definition) is 3. The summed E-state index contributed by atoms with van der Waals surface area (Å²) >= 11 is 1.35. The number of carbonyl (C=O) groups excluding carboxylic acids is 2. The van der Waals surface area contributed by atoms with Crippen molar-refractivity contribution in [1.29, 1.82) is 0 Å². The standard InChI is InChI=1S/C27H36N6O3S.C4H6/c1-7-19(11-17(2)36-6)23-15-30-26(37-23)21(13-28)25(35)32-22-12-20(14-29-18(22)3)31-24(34)16-33-10-8-9-27(33,4)5;1-3-4-2/h7,11-15H,8-10,16,28H2,1-6H3,(H,31,34)(H,32,35);1H,4H2,2H3/b17-11+,19-7+,21-13-;. The van der Waals surface area contributed by atoms with Crippen molar-refractivity contribution in [1.82, 2.24) is 14.9 Å². The molecule has 0 atom stereocenters. The molecule has 10 heteroatoms.